The normalized spacial score (nSPS) is 23.0. The van der Waals surface area contributed by atoms with Crippen LogP contribution >= 0.6 is 0 Å². The Morgan fingerprint density at radius 1 is 1.50 bits per heavy atom. The molecule has 1 aliphatic rings. The van der Waals surface area contributed by atoms with Gasteiger partial charge in [-0.25, -0.2) is 4.39 Å². The molecule has 2 atom stereocenters. The van der Waals surface area contributed by atoms with Gasteiger partial charge < -0.3 is 16.2 Å². The van der Waals surface area contributed by atoms with Gasteiger partial charge in [0.05, 0.1) is 5.56 Å². The van der Waals surface area contributed by atoms with Crippen molar-refractivity contribution >= 4 is 5.91 Å². The van der Waals surface area contributed by atoms with Crippen molar-refractivity contribution in [2.75, 3.05) is 6.54 Å². The monoisotopic (exact) mass is 252 g/mol. The van der Waals surface area contributed by atoms with E-state index in [1.807, 2.05) is 0 Å². The summed E-state index contributed by atoms with van der Waals surface area (Å²) in [5, 5.41) is 11.8. The Balaban J connectivity index is 1.91. The molecule has 0 aromatic heterocycles. The van der Waals surface area contributed by atoms with Gasteiger partial charge in [-0.15, -0.1) is 0 Å². The summed E-state index contributed by atoms with van der Waals surface area (Å²) >= 11 is 0. The second-order valence-corrected chi connectivity index (χ2v) is 4.81. The minimum Gasteiger partial charge on any atom is -0.508 e. The Kier molecular flexibility index (Phi) is 3.81. The number of hydrogen-bond donors (Lipinski definition) is 3. The zero-order chi connectivity index (χ0) is 13.1. The molecule has 1 amide bonds. The molecule has 1 saturated carbocycles. The molecule has 0 aliphatic heterocycles. The standard InChI is InChI=1S/C13H17FN2O2/c14-12-6-10(17)3-4-11(12)13(18)16-7-8-1-2-9(15)5-8/h3-4,6,8-9,17H,1-2,5,7,15H2,(H,16,18). The van der Waals surface area contributed by atoms with Crippen molar-refractivity contribution in [2.24, 2.45) is 11.7 Å². The number of rotatable bonds is 3. The van der Waals surface area contributed by atoms with Crippen molar-refractivity contribution in [1.82, 2.24) is 5.32 Å². The highest BCUT2D eigenvalue weighted by Gasteiger charge is 2.22. The Hall–Kier alpha value is -1.62. The van der Waals surface area contributed by atoms with Crippen LogP contribution in [0.5, 0.6) is 5.75 Å². The molecule has 0 heterocycles. The lowest BCUT2D eigenvalue weighted by molar-refractivity contribution is 0.0943. The highest BCUT2D eigenvalue weighted by Crippen LogP contribution is 2.23. The van der Waals surface area contributed by atoms with E-state index < -0.39 is 11.7 Å². The Bertz CT molecular complexity index is 451. The molecular weight excluding hydrogens is 235 g/mol. The fourth-order valence-corrected chi connectivity index (χ4v) is 2.32. The molecule has 1 aromatic carbocycles. The predicted molar refractivity (Wildman–Crippen MR) is 65.7 cm³/mol. The van der Waals surface area contributed by atoms with Crippen molar-refractivity contribution in [1.29, 1.82) is 0 Å². The van der Waals surface area contributed by atoms with E-state index in [1.165, 1.54) is 12.1 Å². The van der Waals surface area contributed by atoms with E-state index in [2.05, 4.69) is 5.32 Å². The Morgan fingerprint density at radius 2 is 2.28 bits per heavy atom. The molecule has 1 aromatic rings. The molecule has 18 heavy (non-hydrogen) atoms. The van der Waals surface area contributed by atoms with Gasteiger partial charge >= 0.3 is 0 Å². The summed E-state index contributed by atoms with van der Waals surface area (Å²) in [7, 11) is 0. The summed E-state index contributed by atoms with van der Waals surface area (Å²) in [4.78, 5) is 11.8. The summed E-state index contributed by atoms with van der Waals surface area (Å²) in [5.74, 6) is -0.974. The number of aromatic hydroxyl groups is 1. The van der Waals surface area contributed by atoms with Crippen LogP contribution in [-0.4, -0.2) is 23.6 Å². The van der Waals surface area contributed by atoms with Crippen LogP contribution in [0, 0.1) is 11.7 Å². The van der Waals surface area contributed by atoms with Crippen molar-refractivity contribution in [3.05, 3.63) is 29.6 Å². The van der Waals surface area contributed by atoms with Crippen molar-refractivity contribution in [2.45, 2.75) is 25.3 Å². The topological polar surface area (TPSA) is 75.3 Å². The molecule has 4 nitrogen and oxygen atoms in total. The molecule has 98 valence electrons. The summed E-state index contributed by atoms with van der Waals surface area (Å²) < 4.78 is 13.4. The van der Waals surface area contributed by atoms with Crippen LogP contribution in [0.4, 0.5) is 4.39 Å². The average molecular weight is 252 g/mol. The fraction of sp³-hybridized carbons (Fsp3) is 0.462. The van der Waals surface area contributed by atoms with Gasteiger partial charge in [-0.3, -0.25) is 4.79 Å². The maximum atomic E-state index is 13.4. The minimum atomic E-state index is -0.712. The largest absolute Gasteiger partial charge is 0.508 e. The predicted octanol–water partition coefficient (Wildman–Crippen LogP) is 1.39. The second kappa shape index (κ2) is 5.35. The summed E-state index contributed by atoms with van der Waals surface area (Å²) in [6.45, 7) is 0.521. The van der Waals surface area contributed by atoms with Crippen LogP contribution in [0.25, 0.3) is 0 Å². The van der Waals surface area contributed by atoms with E-state index in [9.17, 15) is 9.18 Å². The van der Waals surface area contributed by atoms with Crippen molar-refractivity contribution < 1.29 is 14.3 Å². The Morgan fingerprint density at radius 3 is 2.89 bits per heavy atom. The number of halogens is 1. The molecule has 1 aliphatic carbocycles. The summed E-state index contributed by atoms with van der Waals surface area (Å²) in [6.07, 6.45) is 2.88. The molecule has 2 unspecified atom stereocenters. The lowest BCUT2D eigenvalue weighted by Gasteiger charge is -2.11. The number of benzene rings is 1. The molecule has 5 heteroatoms. The SMILES string of the molecule is NC1CCC(CNC(=O)c2ccc(O)cc2F)C1. The Labute approximate surface area is 105 Å². The molecule has 1 fully saturated rings. The van der Waals surface area contributed by atoms with Crippen LogP contribution < -0.4 is 11.1 Å². The third kappa shape index (κ3) is 2.98. The zero-order valence-corrected chi connectivity index (χ0v) is 10.0. The first-order valence-corrected chi connectivity index (χ1v) is 6.08. The van der Waals surface area contributed by atoms with E-state index in [-0.39, 0.29) is 17.4 Å². The number of nitrogens with one attached hydrogen (secondary N) is 1. The van der Waals surface area contributed by atoms with E-state index in [1.54, 1.807) is 0 Å². The third-order valence-corrected chi connectivity index (χ3v) is 3.33. The number of phenols is 1. The second-order valence-electron chi connectivity index (χ2n) is 4.81. The lowest BCUT2D eigenvalue weighted by Crippen LogP contribution is -2.29. The van der Waals surface area contributed by atoms with E-state index in [0.717, 1.165) is 25.3 Å². The first-order chi connectivity index (χ1) is 8.56. The smallest absolute Gasteiger partial charge is 0.254 e. The number of nitrogens with two attached hydrogens (primary N) is 1. The van der Waals surface area contributed by atoms with E-state index >= 15 is 0 Å². The maximum Gasteiger partial charge on any atom is 0.254 e. The lowest BCUT2D eigenvalue weighted by atomic mass is 10.1. The van der Waals surface area contributed by atoms with Crippen LogP contribution in [0.2, 0.25) is 0 Å². The molecule has 4 N–H and O–H groups in total. The highest BCUT2D eigenvalue weighted by molar-refractivity contribution is 5.94. The number of amides is 1. The fourth-order valence-electron chi connectivity index (χ4n) is 2.32. The van der Waals surface area contributed by atoms with E-state index in [0.29, 0.717) is 12.5 Å². The van der Waals surface area contributed by atoms with Gasteiger partial charge in [0.2, 0.25) is 0 Å². The average Bonchev–Trinajstić information content (AvgIpc) is 2.72. The number of carbonyl (C=O) groups is 1. The van der Waals surface area contributed by atoms with Gasteiger partial charge in [0.1, 0.15) is 11.6 Å². The van der Waals surface area contributed by atoms with E-state index in [4.69, 9.17) is 10.8 Å². The van der Waals surface area contributed by atoms with Gasteiger partial charge in [0, 0.05) is 18.7 Å². The van der Waals surface area contributed by atoms with Crippen LogP contribution in [-0.2, 0) is 0 Å². The van der Waals surface area contributed by atoms with Gasteiger partial charge in [0.15, 0.2) is 0 Å². The van der Waals surface area contributed by atoms with Gasteiger partial charge in [0.25, 0.3) is 5.91 Å². The highest BCUT2D eigenvalue weighted by atomic mass is 19.1. The molecule has 0 spiro atoms. The van der Waals surface area contributed by atoms with Gasteiger partial charge in [-0.2, -0.15) is 0 Å². The quantitative estimate of drug-likeness (QED) is 0.761. The van der Waals surface area contributed by atoms with Crippen LogP contribution in [0.3, 0.4) is 0 Å². The maximum absolute atomic E-state index is 13.4. The van der Waals surface area contributed by atoms with Crippen molar-refractivity contribution in [3.8, 4) is 5.75 Å². The van der Waals surface area contributed by atoms with Gasteiger partial charge in [-0.1, -0.05) is 0 Å². The number of phenolic OH excluding ortho intramolecular Hbond substituents is 1. The van der Waals surface area contributed by atoms with Crippen LogP contribution in [0.1, 0.15) is 29.6 Å². The van der Waals surface area contributed by atoms with Crippen LogP contribution in [0.15, 0.2) is 18.2 Å². The zero-order valence-electron chi connectivity index (χ0n) is 10.0. The summed E-state index contributed by atoms with van der Waals surface area (Å²) in [6, 6.07) is 3.72. The first-order valence-electron chi connectivity index (χ1n) is 6.08. The minimum absolute atomic E-state index is 0.0462. The molecule has 0 radical (unpaired) electrons. The summed E-state index contributed by atoms with van der Waals surface area (Å²) in [5.41, 5.74) is 5.74. The molecular formula is C13H17FN2O2. The third-order valence-electron chi connectivity index (χ3n) is 3.33. The molecule has 0 bridgehead atoms. The number of hydrogen-bond acceptors (Lipinski definition) is 3. The molecule has 0 saturated heterocycles. The van der Waals surface area contributed by atoms with Gasteiger partial charge in [-0.05, 0) is 37.3 Å². The first kappa shape index (κ1) is 12.8. The number of carbonyl (C=O) groups excluding carboxylic acids is 1. The van der Waals surface area contributed by atoms with Crippen molar-refractivity contribution in [3.63, 3.8) is 0 Å². The molecule has 2 rings (SSSR count).